The number of carboxylic acid groups (broad SMARTS) is 1. The molecule has 1 saturated heterocycles. The molecule has 0 aromatic carbocycles. The van der Waals surface area contributed by atoms with Crippen LogP contribution in [0.1, 0.15) is 13.8 Å². The van der Waals surface area contributed by atoms with Crippen LogP contribution in [-0.2, 0) is 4.79 Å². The van der Waals surface area contributed by atoms with Gasteiger partial charge in [0.15, 0.2) is 0 Å². The first kappa shape index (κ1) is 17.9. The number of likely N-dealkylation sites (N-methyl/N-ethyl adjacent to an activating group) is 1. The fourth-order valence-electron chi connectivity index (χ4n) is 2.49. The molecule has 5 nitrogen and oxygen atoms in total. The Morgan fingerprint density at radius 2 is 1.86 bits per heavy atom. The van der Waals surface area contributed by atoms with E-state index < -0.39 is 5.97 Å². The summed E-state index contributed by atoms with van der Waals surface area (Å²) in [5, 5.41) is 8.78. The Balaban J connectivity index is 2.20. The average molecular weight is 295 g/mol. The summed E-state index contributed by atoms with van der Waals surface area (Å²) in [5.41, 5.74) is 1.36. The molecular weight excluding hydrogens is 266 g/mol. The maximum absolute atomic E-state index is 10.7. The number of nitrogens with zero attached hydrogens (tertiary/aromatic N) is 3. The first-order valence-corrected chi connectivity index (χ1v) is 7.64. The third kappa shape index (κ3) is 7.99. The van der Waals surface area contributed by atoms with Crippen molar-refractivity contribution in [2.45, 2.75) is 13.8 Å². The molecule has 0 aromatic heterocycles. The van der Waals surface area contributed by atoms with Crippen molar-refractivity contribution in [1.82, 2.24) is 14.7 Å². The molecule has 0 amide bonds. The number of hydrogen-bond acceptors (Lipinski definition) is 4. The first-order chi connectivity index (χ1) is 10.0. The van der Waals surface area contributed by atoms with Crippen molar-refractivity contribution in [2.24, 2.45) is 0 Å². The largest absolute Gasteiger partial charge is 0.480 e. The maximum Gasteiger partial charge on any atom is 0.317 e. The molecule has 1 heterocycles. The Bertz CT molecular complexity index is 372. The summed E-state index contributed by atoms with van der Waals surface area (Å²) in [5.74, 6) is -0.730. The van der Waals surface area contributed by atoms with E-state index in [2.05, 4.69) is 35.9 Å². The van der Waals surface area contributed by atoms with Crippen LogP contribution in [0.2, 0.25) is 0 Å². The summed E-state index contributed by atoms with van der Waals surface area (Å²) in [6, 6.07) is 0. The van der Waals surface area contributed by atoms with Gasteiger partial charge in [-0.2, -0.15) is 0 Å². The second-order valence-corrected chi connectivity index (χ2v) is 5.79. The Morgan fingerprint density at radius 3 is 2.43 bits per heavy atom. The van der Waals surface area contributed by atoms with Gasteiger partial charge in [-0.05, 0) is 20.9 Å². The van der Waals surface area contributed by atoms with Crippen LogP contribution in [0.5, 0.6) is 0 Å². The molecule has 0 spiro atoms. The Hall–Kier alpha value is -1.17. The van der Waals surface area contributed by atoms with Gasteiger partial charge in [-0.25, -0.2) is 0 Å². The SMILES string of the molecule is C/C=C\C=C(/C)CN(C)CCN1CCN(CC(=O)O)CC1. The highest BCUT2D eigenvalue weighted by Crippen LogP contribution is 2.02. The van der Waals surface area contributed by atoms with Crippen molar-refractivity contribution in [1.29, 1.82) is 0 Å². The van der Waals surface area contributed by atoms with Gasteiger partial charge in [-0.3, -0.25) is 14.6 Å². The van der Waals surface area contributed by atoms with E-state index in [0.29, 0.717) is 0 Å². The topological polar surface area (TPSA) is 47.0 Å². The highest BCUT2D eigenvalue weighted by atomic mass is 16.4. The fourth-order valence-corrected chi connectivity index (χ4v) is 2.49. The zero-order chi connectivity index (χ0) is 15.7. The number of rotatable bonds is 8. The van der Waals surface area contributed by atoms with Crippen molar-refractivity contribution in [3.8, 4) is 0 Å². The molecule has 1 N–H and O–H groups in total. The lowest BCUT2D eigenvalue weighted by molar-refractivity contribution is -0.138. The van der Waals surface area contributed by atoms with Crippen molar-refractivity contribution >= 4 is 5.97 Å². The molecule has 0 bridgehead atoms. The van der Waals surface area contributed by atoms with Crippen LogP contribution in [0.3, 0.4) is 0 Å². The van der Waals surface area contributed by atoms with Crippen LogP contribution in [0, 0.1) is 0 Å². The molecule has 21 heavy (non-hydrogen) atoms. The van der Waals surface area contributed by atoms with Crippen molar-refractivity contribution in [3.63, 3.8) is 0 Å². The van der Waals surface area contributed by atoms with E-state index in [-0.39, 0.29) is 6.54 Å². The normalized spacial score (nSPS) is 18.8. The van der Waals surface area contributed by atoms with Crippen molar-refractivity contribution in [3.05, 3.63) is 23.8 Å². The lowest BCUT2D eigenvalue weighted by Crippen LogP contribution is -2.49. The third-order valence-electron chi connectivity index (χ3n) is 3.71. The van der Waals surface area contributed by atoms with E-state index in [9.17, 15) is 4.79 Å². The van der Waals surface area contributed by atoms with Crippen LogP contribution >= 0.6 is 0 Å². The maximum atomic E-state index is 10.7. The van der Waals surface area contributed by atoms with Crippen LogP contribution in [-0.4, -0.2) is 85.2 Å². The lowest BCUT2D eigenvalue weighted by atomic mass is 10.2. The minimum absolute atomic E-state index is 0.169. The molecule has 0 radical (unpaired) electrons. The Labute approximate surface area is 128 Å². The number of carboxylic acids is 1. The minimum atomic E-state index is -0.730. The summed E-state index contributed by atoms with van der Waals surface area (Å²) in [7, 11) is 2.15. The van der Waals surface area contributed by atoms with Crippen LogP contribution in [0.4, 0.5) is 0 Å². The van der Waals surface area contributed by atoms with Crippen molar-refractivity contribution < 1.29 is 9.90 Å². The molecule has 0 atom stereocenters. The van der Waals surface area contributed by atoms with E-state index in [1.807, 2.05) is 17.9 Å². The molecule has 0 unspecified atom stereocenters. The Kier molecular flexibility index (Phi) is 8.27. The standard InChI is InChI=1S/C16H29N3O2/c1-4-5-6-15(2)13-17(3)7-8-18-9-11-19(12-10-18)14-16(20)21/h4-6H,7-14H2,1-3H3,(H,20,21)/b5-4-,15-6+. The zero-order valence-corrected chi connectivity index (χ0v) is 13.6. The molecule has 0 aliphatic carbocycles. The predicted octanol–water partition coefficient (Wildman–Crippen LogP) is 1.14. The summed E-state index contributed by atoms with van der Waals surface area (Å²) in [4.78, 5) is 17.4. The van der Waals surface area contributed by atoms with Gasteiger partial charge < -0.3 is 10.0 Å². The molecule has 0 aromatic rings. The second-order valence-electron chi connectivity index (χ2n) is 5.79. The highest BCUT2D eigenvalue weighted by molar-refractivity contribution is 5.69. The van der Waals surface area contributed by atoms with Crippen LogP contribution in [0.25, 0.3) is 0 Å². The number of piperazine rings is 1. The van der Waals surface area contributed by atoms with Gasteiger partial charge >= 0.3 is 5.97 Å². The van der Waals surface area contributed by atoms with Gasteiger partial charge in [0.05, 0.1) is 6.54 Å². The summed E-state index contributed by atoms with van der Waals surface area (Å²) >= 11 is 0. The molecule has 1 rings (SSSR count). The summed E-state index contributed by atoms with van der Waals surface area (Å²) in [6.45, 7) is 11.1. The second kappa shape index (κ2) is 9.71. The van der Waals surface area contributed by atoms with E-state index in [1.54, 1.807) is 0 Å². The van der Waals surface area contributed by atoms with E-state index >= 15 is 0 Å². The first-order valence-electron chi connectivity index (χ1n) is 7.64. The monoisotopic (exact) mass is 295 g/mol. The smallest absolute Gasteiger partial charge is 0.317 e. The predicted molar refractivity (Wildman–Crippen MR) is 86.6 cm³/mol. The van der Waals surface area contributed by atoms with E-state index in [1.165, 1.54) is 5.57 Å². The third-order valence-corrected chi connectivity index (χ3v) is 3.71. The van der Waals surface area contributed by atoms with Crippen LogP contribution in [0.15, 0.2) is 23.8 Å². The van der Waals surface area contributed by atoms with Crippen molar-refractivity contribution in [2.75, 3.05) is 59.4 Å². The quantitative estimate of drug-likeness (QED) is 0.681. The van der Waals surface area contributed by atoms with Gasteiger partial charge in [0, 0.05) is 45.8 Å². The van der Waals surface area contributed by atoms with Gasteiger partial charge in [-0.15, -0.1) is 0 Å². The molecule has 5 heteroatoms. The molecule has 120 valence electrons. The van der Waals surface area contributed by atoms with E-state index in [4.69, 9.17) is 5.11 Å². The zero-order valence-electron chi connectivity index (χ0n) is 13.6. The van der Waals surface area contributed by atoms with Gasteiger partial charge in [-0.1, -0.05) is 23.8 Å². The highest BCUT2D eigenvalue weighted by Gasteiger charge is 2.18. The number of carbonyl (C=O) groups is 1. The molecule has 1 aliphatic rings. The van der Waals surface area contributed by atoms with Gasteiger partial charge in [0.2, 0.25) is 0 Å². The molecule has 1 aliphatic heterocycles. The van der Waals surface area contributed by atoms with E-state index in [0.717, 1.165) is 45.8 Å². The molecular formula is C16H29N3O2. The molecule has 0 saturated carbocycles. The lowest BCUT2D eigenvalue weighted by Gasteiger charge is -2.34. The van der Waals surface area contributed by atoms with Crippen LogP contribution < -0.4 is 0 Å². The number of hydrogen-bond donors (Lipinski definition) is 1. The number of aliphatic carboxylic acids is 1. The summed E-state index contributed by atoms with van der Waals surface area (Å²) in [6.07, 6.45) is 6.27. The van der Waals surface area contributed by atoms with Gasteiger partial charge in [0.1, 0.15) is 0 Å². The summed E-state index contributed by atoms with van der Waals surface area (Å²) < 4.78 is 0. The number of allylic oxidation sites excluding steroid dienone is 3. The molecule has 1 fully saturated rings. The van der Waals surface area contributed by atoms with Gasteiger partial charge in [0.25, 0.3) is 0 Å². The minimum Gasteiger partial charge on any atom is -0.480 e. The average Bonchev–Trinajstić information content (AvgIpc) is 2.44. The Morgan fingerprint density at radius 1 is 1.24 bits per heavy atom. The fraction of sp³-hybridized carbons (Fsp3) is 0.688.